The second kappa shape index (κ2) is 6.51. The number of carbonyl (C=O) groups is 1. The van der Waals surface area contributed by atoms with E-state index < -0.39 is 5.82 Å². The van der Waals surface area contributed by atoms with Crippen LogP contribution in [0, 0.1) is 9.39 Å². The van der Waals surface area contributed by atoms with Gasteiger partial charge in [-0.1, -0.05) is 18.2 Å². The van der Waals surface area contributed by atoms with E-state index in [-0.39, 0.29) is 12.5 Å². The first kappa shape index (κ1) is 13.8. The molecule has 0 aliphatic rings. The molecule has 0 radical (unpaired) electrons. The minimum atomic E-state index is -0.392. The van der Waals surface area contributed by atoms with Crippen LogP contribution in [0.3, 0.4) is 0 Å². The van der Waals surface area contributed by atoms with E-state index in [1.165, 1.54) is 18.2 Å². The van der Waals surface area contributed by atoms with Crippen molar-refractivity contribution < 1.29 is 13.9 Å². The summed E-state index contributed by atoms with van der Waals surface area (Å²) in [6.07, 6.45) is 0. The molecule has 2 aromatic rings. The molecule has 0 aliphatic carbocycles. The third-order valence-electron chi connectivity index (χ3n) is 2.30. The summed E-state index contributed by atoms with van der Waals surface area (Å²) in [7, 11) is 0. The summed E-state index contributed by atoms with van der Waals surface area (Å²) < 4.78 is 19.3. The zero-order valence-electron chi connectivity index (χ0n) is 9.90. The van der Waals surface area contributed by atoms with Gasteiger partial charge in [-0.2, -0.15) is 0 Å². The molecule has 0 aromatic heterocycles. The van der Waals surface area contributed by atoms with Crippen molar-refractivity contribution in [2.75, 3.05) is 11.9 Å². The van der Waals surface area contributed by atoms with Crippen LogP contribution in [-0.4, -0.2) is 12.5 Å². The lowest BCUT2D eigenvalue weighted by atomic mass is 10.3. The van der Waals surface area contributed by atoms with Crippen LogP contribution in [0.5, 0.6) is 5.75 Å². The van der Waals surface area contributed by atoms with Gasteiger partial charge in [-0.25, -0.2) is 4.39 Å². The number of rotatable bonds is 4. The molecule has 0 aliphatic heterocycles. The highest BCUT2D eigenvalue weighted by atomic mass is 127. The maximum atomic E-state index is 12.9. The van der Waals surface area contributed by atoms with E-state index >= 15 is 0 Å². The number of amides is 1. The lowest BCUT2D eigenvalue weighted by Crippen LogP contribution is -2.20. The highest BCUT2D eigenvalue weighted by molar-refractivity contribution is 14.1. The monoisotopic (exact) mass is 371 g/mol. The lowest BCUT2D eigenvalue weighted by Gasteiger charge is -2.08. The first-order valence-electron chi connectivity index (χ1n) is 5.58. The van der Waals surface area contributed by atoms with Crippen molar-refractivity contribution >= 4 is 34.2 Å². The highest BCUT2D eigenvalue weighted by Gasteiger charge is 2.06. The first-order valence-corrected chi connectivity index (χ1v) is 6.66. The number of ether oxygens (including phenoxy) is 1. The van der Waals surface area contributed by atoms with Gasteiger partial charge in [0.15, 0.2) is 6.61 Å². The van der Waals surface area contributed by atoms with Crippen LogP contribution in [0.1, 0.15) is 0 Å². The van der Waals surface area contributed by atoms with Gasteiger partial charge in [-0.05, 0) is 52.9 Å². The molecule has 3 nitrogen and oxygen atoms in total. The van der Waals surface area contributed by atoms with Crippen molar-refractivity contribution in [1.82, 2.24) is 0 Å². The van der Waals surface area contributed by atoms with Crippen LogP contribution in [0.25, 0.3) is 0 Å². The lowest BCUT2D eigenvalue weighted by molar-refractivity contribution is -0.118. The minimum Gasteiger partial charge on any atom is -0.483 e. The van der Waals surface area contributed by atoms with Gasteiger partial charge in [-0.15, -0.1) is 0 Å². The zero-order chi connectivity index (χ0) is 13.7. The normalized spacial score (nSPS) is 10.0. The number of carbonyl (C=O) groups excluding carboxylic acids is 1. The van der Waals surface area contributed by atoms with E-state index in [0.29, 0.717) is 11.4 Å². The van der Waals surface area contributed by atoms with Gasteiger partial charge < -0.3 is 10.1 Å². The number of hydrogen-bond donors (Lipinski definition) is 1. The summed E-state index contributed by atoms with van der Waals surface area (Å²) in [4.78, 5) is 11.6. The summed E-state index contributed by atoms with van der Waals surface area (Å²) in [5, 5.41) is 2.57. The molecule has 0 unspecified atom stereocenters. The predicted octanol–water partition coefficient (Wildman–Crippen LogP) is 3.45. The first-order chi connectivity index (χ1) is 9.15. The Kier molecular flexibility index (Phi) is 4.73. The fourth-order valence-corrected chi connectivity index (χ4v) is 2.01. The Bertz CT molecular complexity index is 589. The number of hydrogen-bond acceptors (Lipinski definition) is 2. The van der Waals surface area contributed by atoms with E-state index in [1.807, 2.05) is 18.2 Å². The Hall–Kier alpha value is -1.63. The maximum Gasteiger partial charge on any atom is 0.262 e. The Balaban J connectivity index is 1.90. The van der Waals surface area contributed by atoms with Crippen molar-refractivity contribution in [2.24, 2.45) is 0 Å². The zero-order valence-corrected chi connectivity index (χ0v) is 12.1. The van der Waals surface area contributed by atoms with E-state index in [2.05, 4.69) is 27.9 Å². The average molecular weight is 371 g/mol. The predicted molar refractivity (Wildman–Crippen MR) is 79.7 cm³/mol. The van der Waals surface area contributed by atoms with Crippen molar-refractivity contribution in [2.45, 2.75) is 0 Å². The van der Waals surface area contributed by atoms with Crippen LogP contribution >= 0.6 is 22.6 Å². The fourth-order valence-electron chi connectivity index (χ4n) is 1.47. The third-order valence-corrected chi connectivity index (χ3v) is 3.19. The Morgan fingerprint density at radius 1 is 1.21 bits per heavy atom. The van der Waals surface area contributed by atoms with Crippen molar-refractivity contribution in [1.29, 1.82) is 0 Å². The molecular formula is C14H11FINO2. The molecule has 0 saturated heterocycles. The number of nitrogens with one attached hydrogen (secondary N) is 1. The van der Waals surface area contributed by atoms with Gasteiger partial charge in [0.1, 0.15) is 11.6 Å². The SMILES string of the molecule is O=C(COc1ccccc1I)Nc1cccc(F)c1. The molecule has 0 bridgehead atoms. The molecular weight excluding hydrogens is 360 g/mol. The molecule has 5 heteroatoms. The van der Waals surface area contributed by atoms with E-state index in [0.717, 1.165) is 3.57 Å². The largest absolute Gasteiger partial charge is 0.483 e. The Morgan fingerprint density at radius 2 is 2.00 bits per heavy atom. The van der Waals surface area contributed by atoms with E-state index in [1.54, 1.807) is 12.1 Å². The third kappa shape index (κ3) is 4.20. The second-order valence-corrected chi connectivity index (χ2v) is 4.94. The molecule has 19 heavy (non-hydrogen) atoms. The second-order valence-electron chi connectivity index (χ2n) is 3.78. The number of halogens is 2. The summed E-state index contributed by atoms with van der Waals surface area (Å²) in [6.45, 7) is -0.115. The minimum absolute atomic E-state index is 0.115. The number of anilines is 1. The molecule has 0 spiro atoms. The Labute approximate surface area is 123 Å². The number of para-hydroxylation sites is 1. The topological polar surface area (TPSA) is 38.3 Å². The van der Waals surface area contributed by atoms with Gasteiger partial charge in [0.2, 0.25) is 0 Å². The van der Waals surface area contributed by atoms with Crippen LogP contribution in [0.4, 0.5) is 10.1 Å². The molecule has 2 rings (SSSR count). The van der Waals surface area contributed by atoms with Gasteiger partial charge in [-0.3, -0.25) is 4.79 Å². The summed E-state index contributed by atoms with van der Waals surface area (Å²) in [6, 6.07) is 13.1. The molecule has 98 valence electrons. The molecule has 1 amide bonds. The van der Waals surface area contributed by atoms with Crippen molar-refractivity contribution in [3.8, 4) is 5.75 Å². The van der Waals surface area contributed by atoms with Gasteiger partial charge >= 0.3 is 0 Å². The smallest absolute Gasteiger partial charge is 0.262 e. The quantitative estimate of drug-likeness (QED) is 0.837. The average Bonchev–Trinajstić information content (AvgIpc) is 2.38. The van der Waals surface area contributed by atoms with E-state index in [9.17, 15) is 9.18 Å². The van der Waals surface area contributed by atoms with Crippen molar-refractivity contribution in [3.05, 3.63) is 57.9 Å². The molecule has 0 fully saturated rings. The van der Waals surface area contributed by atoms with Crippen LogP contribution in [-0.2, 0) is 4.79 Å². The molecule has 1 N–H and O–H groups in total. The van der Waals surface area contributed by atoms with Crippen LogP contribution in [0.2, 0.25) is 0 Å². The van der Waals surface area contributed by atoms with Crippen molar-refractivity contribution in [3.63, 3.8) is 0 Å². The molecule has 0 atom stereocenters. The summed E-state index contributed by atoms with van der Waals surface area (Å²) in [5.74, 6) is -0.0703. The van der Waals surface area contributed by atoms with Gasteiger partial charge in [0.25, 0.3) is 5.91 Å². The Morgan fingerprint density at radius 3 is 2.74 bits per heavy atom. The molecule has 0 saturated carbocycles. The standard InChI is InChI=1S/C14H11FINO2/c15-10-4-3-5-11(8-10)17-14(18)9-19-13-7-2-1-6-12(13)16/h1-8H,9H2,(H,17,18). The van der Waals surface area contributed by atoms with Crippen LogP contribution in [0.15, 0.2) is 48.5 Å². The number of benzene rings is 2. The summed E-state index contributed by atoms with van der Waals surface area (Å²) >= 11 is 2.13. The van der Waals surface area contributed by atoms with Gasteiger partial charge in [0, 0.05) is 5.69 Å². The molecule has 2 aromatic carbocycles. The summed E-state index contributed by atoms with van der Waals surface area (Å²) in [5.41, 5.74) is 0.413. The molecule has 0 heterocycles. The van der Waals surface area contributed by atoms with Crippen LogP contribution < -0.4 is 10.1 Å². The highest BCUT2D eigenvalue weighted by Crippen LogP contribution is 2.19. The maximum absolute atomic E-state index is 12.9. The van der Waals surface area contributed by atoms with E-state index in [4.69, 9.17) is 4.74 Å². The van der Waals surface area contributed by atoms with Gasteiger partial charge in [0.05, 0.1) is 3.57 Å². The fraction of sp³-hybridized carbons (Fsp3) is 0.0714.